The number of halogens is 1. The highest BCUT2D eigenvalue weighted by Crippen LogP contribution is 2.31. The molecule has 0 radical (unpaired) electrons. The van der Waals surface area contributed by atoms with Crippen molar-refractivity contribution in [2.75, 3.05) is 18.2 Å². The predicted molar refractivity (Wildman–Crippen MR) is 115 cm³/mol. The summed E-state index contributed by atoms with van der Waals surface area (Å²) in [7, 11) is 0. The van der Waals surface area contributed by atoms with Crippen molar-refractivity contribution >= 4 is 45.2 Å². The largest absolute Gasteiger partial charge is 0.490 e. The molecular formula is C21H20BrN3O4. The number of anilines is 1. The van der Waals surface area contributed by atoms with Gasteiger partial charge in [0, 0.05) is 4.47 Å². The number of rotatable bonds is 7. The van der Waals surface area contributed by atoms with E-state index in [2.05, 4.69) is 21.0 Å². The van der Waals surface area contributed by atoms with Crippen molar-refractivity contribution in [2.45, 2.75) is 13.8 Å². The van der Waals surface area contributed by atoms with E-state index in [1.807, 2.05) is 31.2 Å². The van der Waals surface area contributed by atoms with Gasteiger partial charge in [0.05, 0.1) is 23.6 Å². The maximum atomic E-state index is 12.9. The fourth-order valence-corrected chi connectivity index (χ4v) is 3.17. The second-order valence-corrected chi connectivity index (χ2v) is 7.15. The molecule has 0 fully saturated rings. The van der Waals surface area contributed by atoms with E-state index in [4.69, 9.17) is 15.2 Å². The Labute approximate surface area is 176 Å². The monoisotopic (exact) mass is 457 g/mol. The zero-order valence-corrected chi connectivity index (χ0v) is 17.6. The van der Waals surface area contributed by atoms with Gasteiger partial charge in [-0.05, 0) is 55.8 Å². The molecule has 150 valence electrons. The molecule has 0 saturated carbocycles. The van der Waals surface area contributed by atoms with Gasteiger partial charge in [0.2, 0.25) is 0 Å². The van der Waals surface area contributed by atoms with Crippen molar-refractivity contribution in [2.24, 2.45) is 10.8 Å². The maximum Gasteiger partial charge on any atom is 0.280 e. The quantitative estimate of drug-likeness (QED) is 0.643. The molecule has 0 aromatic heterocycles. The summed E-state index contributed by atoms with van der Waals surface area (Å²) in [6.07, 6.45) is 1.75. The van der Waals surface area contributed by atoms with Crippen LogP contribution in [0.1, 0.15) is 19.4 Å². The SMILES string of the molecule is CCOc1cc(/C=C2\C(=O)N(c3cccc(Br)c3)N=C2C)ccc1OCC(N)=O. The molecule has 2 N–H and O–H groups in total. The van der Waals surface area contributed by atoms with Gasteiger partial charge in [-0.3, -0.25) is 9.59 Å². The third-order valence-electron chi connectivity index (χ3n) is 4.06. The second-order valence-electron chi connectivity index (χ2n) is 6.23. The van der Waals surface area contributed by atoms with E-state index in [1.165, 1.54) is 5.01 Å². The van der Waals surface area contributed by atoms with Crippen molar-refractivity contribution in [1.29, 1.82) is 0 Å². The minimum absolute atomic E-state index is 0.215. The number of nitrogens with two attached hydrogens (primary N) is 1. The van der Waals surface area contributed by atoms with Gasteiger partial charge in [0.15, 0.2) is 18.1 Å². The van der Waals surface area contributed by atoms with Crippen LogP contribution in [0.15, 0.2) is 57.6 Å². The molecule has 2 aromatic rings. The Balaban J connectivity index is 1.89. The average molecular weight is 458 g/mol. The number of ether oxygens (including phenoxy) is 2. The first-order valence-corrected chi connectivity index (χ1v) is 9.73. The molecule has 0 unspecified atom stereocenters. The minimum atomic E-state index is -0.574. The lowest BCUT2D eigenvalue weighted by Gasteiger charge is -2.12. The molecule has 0 saturated heterocycles. The number of hydrazone groups is 1. The smallest absolute Gasteiger partial charge is 0.280 e. The highest BCUT2D eigenvalue weighted by atomic mass is 79.9. The normalized spacial score (nSPS) is 14.9. The molecule has 1 aliphatic heterocycles. The van der Waals surface area contributed by atoms with Crippen molar-refractivity contribution in [3.05, 3.63) is 58.1 Å². The van der Waals surface area contributed by atoms with Crippen LogP contribution >= 0.6 is 15.9 Å². The maximum absolute atomic E-state index is 12.9. The molecule has 2 aromatic carbocycles. The first kappa shape index (κ1) is 20.6. The zero-order chi connectivity index (χ0) is 21.0. The lowest BCUT2D eigenvalue weighted by atomic mass is 10.1. The molecule has 1 heterocycles. The van der Waals surface area contributed by atoms with Crippen molar-refractivity contribution in [1.82, 2.24) is 0 Å². The predicted octanol–water partition coefficient (Wildman–Crippen LogP) is 3.52. The van der Waals surface area contributed by atoms with E-state index < -0.39 is 5.91 Å². The second kappa shape index (κ2) is 8.91. The Morgan fingerprint density at radius 3 is 2.69 bits per heavy atom. The van der Waals surface area contributed by atoms with Gasteiger partial charge >= 0.3 is 0 Å². The van der Waals surface area contributed by atoms with E-state index in [0.717, 1.165) is 10.0 Å². The Kier molecular flexibility index (Phi) is 6.33. The van der Waals surface area contributed by atoms with E-state index in [1.54, 1.807) is 31.2 Å². The molecule has 2 amide bonds. The van der Waals surface area contributed by atoms with Crippen LogP contribution in [-0.4, -0.2) is 30.7 Å². The van der Waals surface area contributed by atoms with Crippen LogP contribution in [-0.2, 0) is 9.59 Å². The van der Waals surface area contributed by atoms with Gasteiger partial charge in [-0.1, -0.05) is 28.1 Å². The zero-order valence-electron chi connectivity index (χ0n) is 16.0. The standard InChI is InChI=1S/C21H20BrN3O4/c1-3-28-19-10-14(7-8-18(19)29-12-20(23)26)9-17-13(2)24-25(21(17)27)16-6-4-5-15(22)11-16/h4-11H,3,12H2,1-2H3,(H2,23,26)/b17-9-. The van der Waals surface area contributed by atoms with Gasteiger partial charge in [0.25, 0.3) is 11.8 Å². The first-order chi connectivity index (χ1) is 13.9. The Bertz CT molecular complexity index is 1020. The van der Waals surface area contributed by atoms with Gasteiger partial charge < -0.3 is 15.2 Å². The molecule has 0 spiro atoms. The third kappa shape index (κ3) is 4.83. The topological polar surface area (TPSA) is 94.2 Å². The van der Waals surface area contributed by atoms with Crippen molar-refractivity contribution in [3.8, 4) is 11.5 Å². The van der Waals surface area contributed by atoms with Gasteiger partial charge in [0.1, 0.15) is 0 Å². The van der Waals surface area contributed by atoms with Crippen LogP contribution in [0.5, 0.6) is 11.5 Å². The highest BCUT2D eigenvalue weighted by Gasteiger charge is 2.28. The molecule has 1 aliphatic rings. The number of primary amides is 1. The van der Waals surface area contributed by atoms with Crippen LogP contribution in [0, 0.1) is 0 Å². The van der Waals surface area contributed by atoms with E-state index in [0.29, 0.717) is 35.1 Å². The van der Waals surface area contributed by atoms with E-state index >= 15 is 0 Å². The summed E-state index contributed by atoms with van der Waals surface area (Å²) in [5.74, 6) is 0.0842. The summed E-state index contributed by atoms with van der Waals surface area (Å²) in [5.41, 5.74) is 7.65. The average Bonchev–Trinajstić information content (AvgIpc) is 2.96. The molecule has 0 bridgehead atoms. The Hall–Kier alpha value is -3.13. The molecule has 3 rings (SSSR count). The number of hydrogen-bond donors (Lipinski definition) is 1. The van der Waals surface area contributed by atoms with Gasteiger partial charge in [-0.15, -0.1) is 0 Å². The summed E-state index contributed by atoms with van der Waals surface area (Å²) in [6, 6.07) is 12.6. The molecule has 7 nitrogen and oxygen atoms in total. The first-order valence-electron chi connectivity index (χ1n) is 8.94. The highest BCUT2D eigenvalue weighted by molar-refractivity contribution is 9.10. The summed E-state index contributed by atoms with van der Waals surface area (Å²) >= 11 is 3.41. The summed E-state index contributed by atoms with van der Waals surface area (Å²) in [6.45, 7) is 3.81. The summed E-state index contributed by atoms with van der Waals surface area (Å²) in [5, 5.41) is 5.76. The van der Waals surface area contributed by atoms with Crippen LogP contribution in [0.3, 0.4) is 0 Å². The molecular weight excluding hydrogens is 438 g/mol. The van der Waals surface area contributed by atoms with E-state index in [9.17, 15) is 9.59 Å². The van der Waals surface area contributed by atoms with Crippen LogP contribution in [0.25, 0.3) is 6.08 Å². The number of amides is 2. The Morgan fingerprint density at radius 2 is 2.00 bits per heavy atom. The lowest BCUT2D eigenvalue weighted by molar-refractivity contribution is -0.120. The molecule has 0 atom stereocenters. The minimum Gasteiger partial charge on any atom is -0.490 e. The van der Waals surface area contributed by atoms with Crippen molar-refractivity contribution < 1.29 is 19.1 Å². The molecule has 8 heteroatoms. The number of carbonyl (C=O) groups excluding carboxylic acids is 2. The number of benzene rings is 2. The summed E-state index contributed by atoms with van der Waals surface area (Å²) in [4.78, 5) is 23.9. The number of nitrogens with zero attached hydrogens (tertiary/aromatic N) is 2. The van der Waals surface area contributed by atoms with Crippen molar-refractivity contribution in [3.63, 3.8) is 0 Å². The van der Waals surface area contributed by atoms with E-state index in [-0.39, 0.29) is 12.5 Å². The lowest BCUT2D eigenvalue weighted by Crippen LogP contribution is -2.21. The Morgan fingerprint density at radius 1 is 1.21 bits per heavy atom. The van der Waals surface area contributed by atoms with Gasteiger partial charge in [-0.25, -0.2) is 0 Å². The van der Waals surface area contributed by atoms with Crippen LogP contribution in [0.4, 0.5) is 5.69 Å². The summed E-state index contributed by atoms with van der Waals surface area (Å²) < 4.78 is 11.8. The van der Waals surface area contributed by atoms with Gasteiger partial charge in [-0.2, -0.15) is 10.1 Å². The number of hydrogen-bond acceptors (Lipinski definition) is 5. The van der Waals surface area contributed by atoms with Crippen LogP contribution in [0.2, 0.25) is 0 Å². The molecule has 29 heavy (non-hydrogen) atoms. The van der Waals surface area contributed by atoms with Crippen LogP contribution < -0.4 is 20.2 Å². The molecule has 0 aliphatic carbocycles. The fraction of sp³-hybridized carbons (Fsp3) is 0.190. The number of carbonyl (C=O) groups is 2. The fourth-order valence-electron chi connectivity index (χ4n) is 2.78. The third-order valence-corrected chi connectivity index (χ3v) is 4.56.